The summed E-state index contributed by atoms with van der Waals surface area (Å²) < 4.78 is 35.7. The van der Waals surface area contributed by atoms with E-state index < -0.39 is 23.5 Å². The Kier molecular flexibility index (Phi) is 13.1. The van der Waals surface area contributed by atoms with Crippen molar-refractivity contribution in [3.8, 4) is 0 Å². The summed E-state index contributed by atoms with van der Waals surface area (Å²) in [6.45, 7) is 0. The Bertz CT molecular complexity index is 794. The molecule has 15 nitrogen and oxygen atoms in total. The molecule has 0 amide bonds. The standard InChI is InChI=1S/C5H5N5.K.Na.H5O10P3/c6-4-3-5(9-1-7-3)10-2-8-4;;;1-11(2,3)9-13(7,8)10-12(4,5)6/h1-2H,(H3,6,7,8,9,10);;;(H,7,8)(H2,1,2,3)(H2,4,5,6)/q;2*+1;/p-2. The predicted octanol–water partition coefficient (Wildman–Crippen LogP) is -8.02. The van der Waals surface area contributed by atoms with Crippen molar-refractivity contribution in [3.63, 3.8) is 0 Å². The molecule has 0 bridgehead atoms. The molecule has 0 aliphatic rings. The van der Waals surface area contributed by atoms with E-state index in [1.54, 1.807) is 0 Å². The molecule has 2 heterocycles. The second-order valence-electron chi connectivity index (χ2n) is 3.43. The fraction of sp³-hybridized carbons (Fsp3) is 0. The van der Waals surface area contributed by atoms with Crippen LogP contribution in [0.4, 0.5) is 5.82 Å². The Morgan fingerprint density at radius 3 is 2.08 bits per heavy atom. The smallest absolute Gasteiger partial charge is 0.789 e. The van der Waals surface area contributed by atoms with E-state index in [1.807, 2.05) is 0 Å². The number of aromatic amines is 1. The summed E-state index contributed by atoms with van der Waals surface area (Å²) >= 11 is 0. The number of imidazole rings is 1. The molecule has 1 unspecified atom stereocenters. The third kappa shape index (κ3) is 12.5. The Labute approximate surface area is 204 Å². The second-order valence-corrected chi connectivity index (χ2v) is 7.55. The zero-order chi connectivity index (χ0) is 17.9. The van der Waals surface area contributed by atoms with E-state index in [4.69, 9.17) is 20.4 Å². The molecular weight excluding hydrogens is 445 g/mol. The molecule has 0 aliphatic heterocycles. The van der Waals surface area contributed by atoms with Crippen LogP contribution < -0.4 is 96.5 Å². The van der Waals surface area contributed by atoms with E-state index in [0.29, 0.717) is 17.0 Å². The van der Waals surface area contributed by atoms with Gasteiger partial charge in [0.2, 0.25) is 0 Å². The molecular formula is C5H8KN5NaO10P3. The van der Waals surface area contributed by atoms with Crippen molar-refractivity contribution >= 4 is 40.4 Å². The normalized spacial score (nSPS) is 13.6. The van der Waals surface area contributed by atoms with Gasteiger partial charge in [-0.05, 0) is 0 Å². The Morgan fingerprint density at radius 2 is 1.64 bits per heavy atom. The first kappa shape index (κ1) is 28.6. The minimum absolute atomic E-state index is 0. The second kappa shape index (κ2) is 11.4. The fourth-order valence-corrected chi connectivity index (χ4v) is 3.53. The summed E-state index contributed by atoms with van der Waals surface area (Å²) in [5, 5.41) is 0. The maximum Gasteiger partial charge on any atom is 1.00 e. The minimum Gasteiger partial charge on any atom is -0.789 e. The molecule has 0 fully saturated rings. The van der Waals surface area contributed by atoms with Gasteiger partial charge < -0.3 is 39.7 Å². The number of hydrogen-bond acceptors (Lipinski definition) is 11. The number of H-pyrrole nitrogens is 1. The van der Waals surface area contributed by atoms with Crippen LogP contribution >= 0.6 is 23.5 Å². The van der Waals surface area contributed by atoms with E-state index in [0.717, 1.165) is 0 Å². The van der Waals surface area contributed by atoms with Crippen LogP contribution in [0.25, 0.3) is 11.2 Å². The molecule has 2 aromatic heterocycles. The van der Waals surface area contributed by atoms with Crippen LogP contribution in [0.2, 0.25) is 0 Å². The molecule has 2 rings (SSSR count). The predicted molar refractivity (Wildman–Crippen MR) is 67.7 cm³/mol. The molecule has 0 aromatic carbocycles. The Hall–Kier alpha value is 1.40. The SMILES string of the molecule is Nc1ncnc2nc[nH]c12.O=P([O-])([O-])OP(=O)(O)OP(=O)(O)O.[K+].[Na+]. The van der Waals surface area contributed by atoms with Gasteiger partial charge in [-0.1, -0.05) is 0 Å². The summed E-state index contributed by atoms with van der Waals surface area (Å²) in [4.78, 5) is 57.9. The van der Waals surface area contributed by atoms with Crippen LogP contribution in [-0.2, 0) is 22.3 Å². The van der Waals surface area contributed by atoms with Crippen LogP contribution in [0, 0.1) is 0 Å². The van der Waals surface area contributed by atoms with E-state index in [-0.39, 0.29) is 80.9 Å². The molecule has 6 N–H and O–H groups in total. The van der Waals surface area contributed by atoms with Crippen molar-refractivity contribution < 1.29 is 128 Å². The number of hydrogen-bond donors (Lipinski definition) is 5. The number of anilines is 1. The zero-order valence-corrected chi connectivity index (χ0v) is 20.4. The van der Waals surface area contributed by atoms with Gasteiger partial charge in [-0.3, -0.25) is 4.31 Å². The van der Waals surface area contributed by atoms with Gasteiger partial charge in [0, 0.05) is 0 Å². The number of aromatic nitrogens is 4. The third-order valence-electron chi connectivity index (χ3n) is 1.67. The molecule has 0 spiro atoms. The van der Waals surface area contributed by atoms with Gasteiger partial charge in [0.25, 0.3) is 0 Å². The van der Waals surface area contributed by atoms with Gasteiger partial charge in [-0.25, -0.2) is 24.1 Å². The van der Waals surface area contributed by atoms with Gasteiger partial charge in [0.15, 0.2) is 11.5 Å². The van der Waals surface area contributed by atoms with Crippen molar-refractivity contribution in [1.82, 2.24) is 19.9 Å². The molecule has 0 saturated heterocycles. The van der Waals surface area contributed by atoms with E-state index in [2.05, 4.69) is 28.6 Å². The molecule has 0 aliphatic carbocycles. The third-order valence-corrected chi connectivity index (χ3v) is 4.97. The maximum atomic E-state index is 10.3. The van der Waals surface area contributed by atoms with Gasteiger partial charge in [0.05, 0.1) is 14.2 Å². The zero-order valence-electron chi connectivity index (χ0n) is 12.6. The van der Waals surface area contributed by atoms with Crippen LogP contribution in [0.5, 0.6) is 0 Å². The number of nitrogens with two attached hydrogens (primary N) is 1. The number of phosphoric acid groups is 3. The van der Waals surface area contributed by atoms with Gasteiger partial charge in [0.1, 0.15) is 11.8 Å². The average molecular weight is 453 g/mol. The van der Waals surface area contributed by atoms with Crippen molar-refractivity contribution in [1.29, 1.82) is 0 Å². The first-order chi connectivity index (χ1) is 10.3. The van der Waals surface area contributed by atoms with E-state index in [1.165, 1.54) is 12.7 Å². The van der Waals surface area contributed by atoms with Crippen LogP contribution in [-0.4, -0.2) is 34.6 Å². The number of fused-ring (bicyclic) bond motifs is 1. The molecule has 130 valence electrons. The maximum absolute atomic E-state index is 10.3. The fourth-order valence-electron chi connectivity index (χ4n) is 1.06. The van der Waals surface area contributed by atoms with Crippen molar-refractivity contribution in [2.45, 2.75) is 0 Å². The van der Waals surface area contributed by atoms with Crippen LogP contribution in [0.3, 0.4) is 0 Å². The molecule has 25 heavy (non-hydrogen) atoms. The Morgan fingerprint density at radius 1 is 1.08 bits per heavy atom. The molecule has 0 radical (unpaired) electrons. The van der Waals surface area contributed by atoms with Crippen molar-refractivity contribution in [2.75, 3.05) is 5.73 Å². The summed E-state index contributed by atoms with van der Waals surface area (Å²) in [6.07, 6.45) is 2.92. The van der Waals surface area contributed by atoms with E-state index >= 15 is 0 Å². The number of nitrogens with zero attached hydrogens (tertiary/aromatic N) is 3. The molecule has 0 saturated carbocycles. The summed E-state index contributed by atoms with van der Waals surface area (Å²) in [5.41, 5.74) is 6.78. The van der Waals surface area contributed by atoms with Gasteiger partial charge in [-0.2, -0.15) is 4.31 Å². The monoisotopic (exact) mass is 453 g/mol. The first-order valence-corrected chi connectivity index (χ1v) is 9.50. The molecule has 2 aromatic rings. The van der Waals surface area contributed by atoms with Crippen LogP contribution in [0.15, 0.2) is 12.7 Å². The quantitative estimate of drug-likeness (QED) is 0.213. The molecule has 1 atom stereocenters. The van der Waals surface area contributed by atoms with Crippen LogP contribution in [0.1, 0.15) is 0 Å². The number of rotatable bonds is 4. The number of nitrogen functional groups attached to an aromatic ring is 1. The first-order valence-electron chi connectivity index (χ1n) is 5.02. The average Bonchev–Trinajstić information content (AvgIpc) is 2.71. The van der Waals surface area contributed by atoms with Crippen molar-refractivity contribution in [2.24, 2.45) is 0 Å². The van der Waals surface area contributed by atoms with E-state index in [9.17, 15) is 23.5 Å². The summed E-state index contributed by atoms with van der Waals surface area (Å²) in [6, 6.07) is 0. The minimum atomic E-state index is -5.85. The largest absolute Gasteiger partial charge is 1.00 e. The van der Waals surface area contributed by atoms with Gasteiger partial charge in [-0.15, -0.1) is 0 Å². The topological polar surface area (TPSA) is 257 Å². The van der Waals surface area contributed by atoms with Gasteiger partial charge >= 0.3 is 96.6 Å². The number of nitrogens with one attached hydrogen (secondary N) is 1. The van der Waals surface area contributed by atoms with Crippen molar-refractivity contribution in [3.05, 3.63) is 12.7 Å². The summed E-state index contributed by atoms with van der Waals surface area (Å²) in [7, 11) is -16.9. The summed E-state index contributed by atoms with van der Waals surface area (Å²) in [5.74, 6) is 0.433. The Balaban J connectivity index is 0. The molecule has 20 heteroatoms.